The Labute approximate surface area is 181 Å². The molecule has 8 heteroatoms. The summed E-state index contributed by atoms with van der Waals surface area (Å²) in [4.78, 5) is 28.3. The number of aryl methyl sites for hydroxylation is 1. The van der Waals surface area contributed by atoms with Crippen molar-refractivity contribution in [3.05, 3.63) is 66.2 Å². The number of aromatic nitrogens is 3. The second-order valence-electron chi connectivity index (χ2n) is 7.52. The molecule has 2 aromatic heterocycles. The van der Waals surface area contributed by atoms with Crippen LogP contribution in [0.1, 0.15) is 30.3 Å². The van der Waals surface area contributed by atoms with E-state index in [9.17, 15) is 4.79 Å². The van der Waals surface area contributed by atoms with Crippen LogP contribution in [0.4, 0.5) is 17.3 Å². The number of carbonyl (C=O) groups excluding carboxylic acids is 1. The summed E-state index contributed by atoms with van der Waals surface area (Å²) in [5.41, 5.74) is 2.53. The van der Waals surface area contributed by atoms with Gasteiger partial charge >= 0.3 is 0 Å². The van der Waals surface area contributed by atoms with Crippen molar-refractivity contribution in [3.63, 3.8) is 0 Å². The summed E-state index contributed by atoms with van der Waals surface area (Å²) in [5.74, 6) is 2.08. The van der Waals surface area contributed by atoms with Gasteiger partial charge in [0.05, 0.1) is 37.8 Å². The zero-order valence-corrected chi connectivity index (χ0v) is 17.7. The van der Waals surface area contributed by atoms with E-state index < -0.39 is 0 Å². The summed E-state index contributed by atoms with van der Waals surface area (Å²) >= 11 is 0. The number of benzene rings is 1. The molecule has 0 bridgehead atoms. The molecule has 1 aliphatic heterocycles. The molecule has 1 aromatic carbocycles. The molecule has 8 nitrogen and oxygen atoms in total. The van der Waals surface area contributed by atoms with E-state index in [-0.39, 0.29) is 11.9 Å². The topological polar surface area (TPSA) is 92.3 Å². The molecule has 3 heterocycles. The van der Waals surface area contributed by atoms with Gasteiger partial charge in [0.2, 0.25) is 5.91 Å². The second kappa shape index (κ2) is 9.53. The number of carbonyl (C=O) groups is 1. The summed E-state index contributed by atoms with van der Waals surface area (Å²) < 4.78 is 5.15. The smallest absolute Gasteiger partial charge is 0.238 e. The average molecular weight is 419 g/mol. The fraction of sp³-hybridized carbons (Fsp3) is 0.304. The van der Waals surface area contributed by atoms with Gasteiger partial charge in [-0.25, -0.2) is 9.97 Å². The van der Waals surface area contributed by atoms with Crippen LogP contribution in [0.2, 0.25) is 0 Å². The van der Waals surface area contributed by atoms with Crippen LogP contribution in [0.25, 0.3) is 0 Å². The Bertz CT molecular complexity index is 1040. The summed E-state index contributed by atoms with van der Waals surface area (Å²) in [6.45, 7) is 3.09. The zero-order chi connectivity index (χ0) is 21.6. The summed E-state index contributed by atoms with van der Waals surface area (Å²) in [5, 5.41) is 6.16. The first-order chi connectivity index (χ1) is 15.1. The standard InChI is InChI=1S/C23H26N6O2/c1-16-5-3-7-21(25-16)28-22-14-24-13-19(27-22)20-6-4-12-29(20)15-23(30)26-17-8-10-18(31-2)11-9-17/h3,5,7-11,13-14,20H,4,6,12,15H2,1-2H3,(H,26,30)(H,25,27,28)/t20-/m1/s1. The Morgan fingerprint density at radius 3 is 2.74 bits per heavy atom. The zero-order valence-electron chi connectivity index (χ0n) is 17.7. The molecule has 1 fully saturated rings. The van der Waals surface area contributed by atoms with Crippen LogP contribution < -0.4 is 15.4 Å². The maximum Gasteiger partial charge on any atom is 0.238 e. The van der Waals surface area contributed by atoms with Crippen molar-refractivity contribution in [1.82, 2.24) is 19.9 Å². The molecular formula is C23H26N6O2. The van der Waals surface area contributed by atoms with Gasteiger partial charge in [-0.2, -0.15) is 0 Å². The number of rotatable bonds is 7. The predicted octanol–water partition coefficient (Wildman–Crippen LogP) is 3.71. The van der Waals surface area contributed by atoms with Crippen molar-refractivity contribution >= 4 is 23.2 Å². The van der Waals surface area contributed by atoms with Crippen LogP contribution in [-0.4, -0.2) is 46.0 Å². The third-order valence-corrected chi connectivity index (χ3v) is 5.22. The number of ether oxygens (including phenoxy) is 1. The maximum atomic E-state index is 12.6. The molecule has 0 saturated carbocycles. The fourth-order valence-electron chi connectivity index (χ4n) is 3.76. The number of hydrogen-bond acceptors (Lipinski definition) is 7. The van der Waals surface area contributed by atoms with Crippen molar-refractivity contribution in [1.29, 1.82) is 0 Å². The highest BCUT2D eigenvalue weighted by molar-refractivity contribution is 5.92. The first kappa shape index (κ1) is 20.7. The Balaban J connectivity index is 1.41. The second-order valence-corrected chi connectivity index (χ2v) is 7.52. The first-order valence-corrected chi connectivity index (χ1v) is 10.3. The fourth-order valence-corrected chi connectivity index (χ4v) is 3.76. The quantitative estimate of drug-likeness (QED) is 0.604. The van der Waals surface area contributed by atoms with Crippen LogP contribution in [0.5, 0.6) is 5.75 Å². The van der Waals surface area contributed by atoms with Crippen molar-refractivity contribution in [2.75, 3.05) is 30.8 Å². The third-order valence-electron chi connectivity index (χ3n) is 5.22. The SMILES string of the molecule is COc1ccc(NC(=O)CN2CCC[C@@H]2c2cncc(Nc3cccc(C)n3)n2)cc1. The lowest BCUT2D eigenvalue weighted by molar-refractivity contribution is -0.117. The van der Waals surface area contributed by atoms with E-state index in [1.54, 1.807) is 19.5 Å². The molecule has 31 heavy (non-hydrogen) atoms. The minimum atomic E-state index is -0.0525. The number of nitrogens with one attached hydrogen (secondary N) is 2. The van der Waals surface area contributed by atoms with Crippen LogP contribution >= 0.6 is 0 Å². The Kier molecular flexibility index (Phi) is 6.37. The van der Waals surface area contributed by atoms with E-state index in [1.165, 1.54) is 0 Å². The molecule has 2 N–H and O–H groups in total. The number of pyridine rings is 1. The van der Waals surface area contributed by atoms with Gasteiger partial charge in [0, 0.05) is 11.4 Å². The lowest BCUT2D eigenvalue weighted by Gasteiger charge is -2.23. The van der Waals surface area contributed by atoms with E-state index in [0.717, 1.165) is 48.0 Å². The van der Waals surface area contributed by atoms with Gasteiger partial charge in [-0.15, -0.1) is 0 Å². The molecule has 3 aromatic rings. The summed E-state index contributed by atoms with van der Waals surface area (Å²) in [6, 6.07) is 13.2. The molecule has 1 amide bonds. The molecule has 0 spiro atoms. The highest BCUT2D eigenvalue weighted by Gasteiger charge is 2.29. The molecule has 0 unspecified atom stereocenters. The lowest BCUT2D eigenvalue weighted by atomic mass is 10.1. The highest BCUT2D eigenvalue weighted by Crippen LogP contribution is 2.31. The van der Waals surface area contributed by atoms with E-state index in [1.807, 2.05) is 49.4 Å². The summed E-state index contributed by atoms with van der Waals surface area (Å²) in [7, 11) is 1.62. The molecule has 0 aliphatic carbocycles. The molecular weight excluding hydrogens is 392 g/mol. The van der Waals surface area contributed by atoms with Crippen LogP contribution in [-0.2, 0) is 4.79 Å². The largest absolute Gasteiger partial charge is 0.497 e. The van der Waals surface area contributed by atoms with Crippen LogP contribution in [0, 0.1) is 6.92 Å². The van der Waals surface area contributed by atoms with Gasteiger partial charge in [-0.3, -0.25) is 14.7 Å². The van der Waals surface area contributed by atoms with Crippen molar-refractivity contribution in [3.8, 4) is 5.75 Å². The van der Waals surface area contributed by atoms with Gasteiger partial charge in [-0.05, 0) is 62.7 Å². The van der Waals surface area contributed by atoms with Gasteiger partial charge < -0.3 is 15.4 Å². The van der Waals surface area contributed by atoms with Gasteiger partial charge in [-0.1, -0.05) is 6.07 Å². The van der Waals surface area contributed by atoms with Gasteiger partial charge in [0.25, 0.3) is 0 Å². The highest BCUT2D eigenvalue weighted by atomic mass is 16.5. The van der Waals surface area contributed by atoms with E-state index in [2.05, 4.69) is 25.5 Å². The van der Waals surface area contributed by atoms with Crippen molar-refractivity contribution < 1.29 is 9.53 Å². The first-order valence-electron chi connectivity index (χ1n) is 10.3. The number of nitrogens with zero attached hydrogens (tertiary/aromatic N) is 4. The number of likely N-dealkylation sites (tertiary alicyclic amines) is 1. The Hall–Kier alpha value is -3.52. The molecule has 160 valence electrons. The molecule has 4 rings (SSSR count). The maximum absolute atomic E-state index is 12.6. The van der Waals surface area contributed by atoms with Crippen LogP contribution in [0.3, 0.4) is 0 Å². The number of methoxy groups -OCH3 is 1. The Morgan fingerprint density at radius 1 is 1.13 bits per heavy atom. The van der Waals surface area contributed by atoms with Gasteiger partial charge in [0.1, 0.15) is 17.4 Å². The van der Waals surface area contributed by atoms with Crippen LogP contribution in [0.15, 0.2) is 54.9 Å². The molecule has 1 aliphatic rings. The van der Waals surface area contributed by atoms with Crippen molar-refractivity contribution in [2.24, 2.45) is 0 Å². The lowest BCUT2D eigenvalue weighted by Crippen LogP contribution is -2.33. The predicted molar refractivity (Wildman–Crippen MR) is 119 cm³/mol. The molecule has 1 saturated heterocycles. The van der Waals surface area contributed by atoms with E-state index in [4.69, 9.17) is 9.72 Å². The minimum Gasteiger partial charge on any atom is -0.497 e. The minimum absolute atomic E-state index is 0.0525. The van der Waals surface area contributed by atoms with E-state index >= 15 is 0 Å². The molecule has 1 atom stereocenters. The third kappa shape index (κ3) is 5.35. The Morgan fingerprint density at radius 2 is 1.97 bits per heavy atom. The number of anilines is 3. The van der Waals surface area contributed by atoms with E-state index in [0.29, 0.717) is 12.4 Å². The number of amides is 1. The monoisotopic (exact) mass is 418 g/mol. The molecule has 0 radical (unpaired) electrons. The summed E-state index contributed by atoms with van der Waals surface area (Å²) in [6.07, 6.45) is 5.41. The number of hydrogen-bond donors (Lipinski definition) is 2. The normalized spacial score (nSPS) is 16.1. The van der Waals surface area contributed by atoms with Gasteiger partial charge in [0.15, 0.2) is 0 Å². The average Bonchev–Trinajstić information content (AvgIpc) is 3.22. The van der Waals surface area contributed by atoms with Crippen molar-refractivity contribution in [2.45, 2.75) is 25.8 Å².